The number of nitrogens with one attached hydrogen (secondary N) is 1. The van der Waals surface area contributed by atoms with E-state index in [-0.39, 0.29) is 18.0 Å². The summed E-state index contributed by atoms with van der Waals surface area (Å²) in [6.07, 6.45) is 1.72. The van der Waals surface area contributed by atoms with Gasteiger partial charge in [0, 0.05) is 20.1 Å². The summed E-state index contributed by atoms with van der Waals surface area (Å²) >= 11 is 0. The fraction of sp³-hybridized carbons (Fsp3) is 0.600. The summed E-state index contributed by atoms with van der Waals surface area (Å²) in [5.74, 6) is 1.98. The highest BCUT2D eigenvalue weighted by atomic mass is 16.5. The van der Waals surface area contributed by atoms with E-state index in [1.54, 1.807) is 14.2 Å². The summed E-state index contributed by atoms with van der Waals surface area (Å²) in [6, 6.07) is 7.59. The lowest BCUT2D eigenvalue weighted by Gasteiger charge is -2.34. The maximum Gasteiger partial charge on any atom is 0.310 e. The number of nitrogens with zero attached hydrogens (tertiary/aromatic N) is 2. The Morgan fingerprint density at radius 2 is 2.11 bits per heavy atom. The highest BCUT2D eigenvalue weighted by molar-refractivity contribution is 5.81. The van der Waals surface area contributed by atoms with E-state index in [0.717, 1.165) is 25.3 Å². The minimum Gasteiger partial charge on any atom is -0.493 e. The molecule has 7 nitrogen and oxygen atoms in total. The van der Waals surface area contributed by atoms with Crippen molar-refractivity contribution in [3.63, 3.8) is 0 Å². The molecule has 1 N–H and O–H groups in total. The van der Waals surface area contributed by atoms with E-state index >= 15 is 0 Å². The predicted octanol–water partition coefficient (Wildman–Crippen LogP) is 2.31. The van der Waals surface area contributed by atoms with Gasteiger partial charge in [-0.05, 0) is 38.8 Å². The number of guanidine groups is 1. The minimum absolute atomic E-state index is 0.0799. The number of piperidine rings is 1. The number of para-hydroxylation sites is 2. The van der Waals surface area contributed by atoms with Crippen LogP contribution in [0.15, 0.2) is 29.3 Å². The molecule has 0 aromatic heterocycles. The first-order chi connectivity index (χ1) is 13.1. The van der Waals surface area contributed by atoms with E-state index in [0.29, 0.717) is 31.2 Å². The van der Waals surface area contributed by atoms with Crippen molar-refractivity contribution >= 4 is 11.9 Å². The van der Waals surface area contributed by atoms with Gasteiger partial charge in [-0.25, -0.2) is 0 Å². The lowest BCUT2D eigenvalue weighted by molar-refractivity contribution is -0.149. The fourth-order valence-corrected chi connectivity index (χ4v) is 3.16. The number of aliphatic imine (C=N–C) groups is 1. The molecule has 1 saturated heterocycles. The first-order valence-corrected chi connectivity index (χ1v) is 9.50. The van der Waals surface area contributed by atoms with Gasteiger partial charge in [0.05, 0.1) is 26.2 Å². The molecule has 1 aromatic rings. The molecular formula is C20H31N3O4. The average molecular weight is 377 g/mol. The quantitative estimate of drug-likeness (QED) is 0.447. The molecule has 1 aliphatic rings. The number of carbonyl (C=O) groups excluding carboxylic acids is 1. The number of likely N-dealkylation sites (tertiary alicyclic amines) is 1. The van der Waals surface area contributed by atoms with E-state index in [1.807, 2.05) is 38.1 Å². The topological polar surface area (TPSA) is 72.4 Å². The molecule has 0 saturated carbocycles. The second kappa shape index (κ2) is 10.6. The van der Waals surface area contributed by atoms with Crippen LogP contribution in [-0.2, 0) is 9.53 Å². The van der Waals surface area contributed by atoms with Crippen LogP contribution < -0.4 is 14.8 Å². The van der Waals surface area contributed by atoms with Crippen LogP contribution in [0.25, 0.3) is 0 Å². The van der Waals surface area contributed by atoms with Crippen LogP contribution in [0.2, 0.25) is 0 Å². The standard InChI is InChI=1S/C20H31N3O4/c1-5-26-19(24)16-9-8-12-23(14-16)20(21-3)22-13-15(2)27-18-11-7-6-10-17(18)25-4/h6-7,10-11,15-16H,5,8-9,12-14H2,1-4H3,(H,21,22). The zero-order valence-corrected chi connectivity index (χ0v) is 16.7. The summed E-state index contributed by atoms with van der Waals surface area (Å²) in [5.41, 5.74) is 0. The Morgan fingerprint density at radius 3 is 2.78 bits per heavy atom. The van der Waals surface area contributed by atoms with E-state index in [4.69, 9.17) is 14.2 Å². The number of ether oxygens (including phenoxy) is 3. The largest absolute Gasteiger partial charge is 0.493 e. The monoisotopic (exact) mass is 377 g/mol. The van der Waals surface area contributed by atoms with Crippen LogP contribution in [-0.4, -0.2) is 63.3 Å². The first kappa shape index (κ1) is 20.9. The summed E-state index contributed by atoms with van der Waals surface area (Å²) < 4.78 is 16.5. The van der Waals surface area contributed by atoms with E-state index in [9.17, 15) is 4.79 Å². The van der Waals surface area contributed by atoms with Crippen molar-refractivity contribution in [3.05, 3.63) is 24.3 Å². The maximum absolute atomic E-state index is 12.0. The van der Waals surface area contributed by atoms with Gasteiger partial charge in [0.2, 0.25) is 0 Å². The van der Waals surface area contributed by atoms with Gasteiger partial charge in [0.1, 0.15) is 6.10 Å². The zero-order valence-electron chi connectivity index (χ0n) is 16.7. The summed E-state index contributed by atoms with van der Waals surface area (Å²) in [7, 11) is 3.38. The van der Waals surface area contributed by atoms with Crippen molar-refractivity contribution in [2.24, 2.45) is 10.9 Å². The summed E-state index contributed by atoms with van der Waals surface area (Å²) in [4.78, 5) is 18.5. The maximum atomic E-state index is 12.0. The van der Waals surface area contributed by atoms with Gasteiger partial charge in [-0.3, -0.25) is 9.79 Å². The van der Waals surface area contributed by atoms with Crippen LogP contribution in [0.1, 0.15) is 26.7 Å². The summed E-state index contributed by atoms with van der Waals surface area (Å²) in [6.45, 7) is 6.33. The predicted molar refractivity (Wildman–Crippen MR) is 105 cm³/mol. The van der Waals surface area contributed by atoms with Gasteiger partial charge in [-0.2, -0.15) is 0 Å². The van der Waals surface area contributed by atoms with Crippen LogP contribution in [0, 0.1) is 5.92 Å². The molecule has 1 heterocycles. The Balaban J connectivity index is 1.88. The zero-order chi connectivity index (χ0) is 19.6. The normalized spacial score (nSPS) is 18.6. The van der Waals surface area contributed by atoms with Crippen molar-refractivity contribution in [2.75, 3.05) is 40.4 Å². The van der Waals surface area contributed by atoms with E-state index in [1.165, 1.54) is 0 Å². The Morgan fingerprint density at radius 1 is 1.37 bits per heavy atom. The molecule has 1 fully saturated rings. The van der Waals surface area contributed by atoms with Crippen LogP contribution in [0.3, 0.4) is 0 Å². The molecule has 2 unspecified atom stereocenters. The minimum atomic E-state index is -0.120. The van der Waals surface area contributed by atoms with Crippen LogP contribution >= 0.6 is 0 Å². The van der Waals surface area contributed by atoms with Crippen LogP contribution in [0.5, 0.6) is 11.5 Å². The number of rotatable bonds is 7. The Labute approximate surface area is 161 Å². The van der Waals surface area contributed by atoms with Crippen molar-refractivity contribution in [3.8, 4) is 11.5 Å². The first-order valence-electron chi connectivity index (χ1n) is 9.50. The van der Waals surface area contributed by atoms with Gasteiger partial charge < -0.3 is 24.4 Å². The third kappa shape index (κ3) is 6.05. The molecule has 0 spiro atoms. The number of hydrogen-bond acceptors (Lipinski definition) is 5. The van der Waals surface area contributed by atoms with Crippen molar-refractivity contribution in [1.29, 1.82) is 0 Å². The van der Waals surface area contributed by atoms with E-state index < -0.39 is 0 Å². The van der Waals surface area contributed by atoms with Crippen molar-refractivity contribution < 1.29 is 19.0 Å². The molecule has 150 valence electrons. The molecule has 0 bridgehead atoms. The lowest BCUT2D eigenvalue weighted by Crippen LogP contribution is -2.49. The third-order valence-electron chi connectivity index (χ3n) is 4.50. The molecule has 2 atom stereocenters. The lowest BCUT2D eigenvalue weighted by atomic mass is 9.98. The average Bonchev–Trinajstić information content (AvgIpc) is 2.69. The number of esters is 1. The second-order valence-corrected chi connectivity index (χ2v) is 6.54. The smallest absolute Gasteiger partial charge is 0.310 e. The fourth-order valence-electron chi connectivity index (χ4n) is 3.16. The molecule has 2 rings (SSSR count). The molecule has 0 amide bonds. The SMILES string of the molecule is CCOC(=O)C1CCCN(C(=NC)NCC(C)Oc2ccccc2OC)C1. The number of hydrogen-bond donors (Lipinski definition) is 1. The van der Waals surface area contributed by atoms with Gasteiger partial charge >= 0.3 is 5.97 Å². The summed E-state index contributed by atoms with van der Waals surface area (Å²) in [5, 5.41) is 3.35. The van der Waals surface area contributed by atoms with Gasteiger partial charge in [0.25, 0.3) is 0 Å². The number of benzene rings is 1. The molecular weight excluding hydrogens is 346 g/mol. The molecule has 0 radical (unpaired) electrons. The molecule has 1 aliphatic heterocycles. The van der Waals surface area contributed by atoms with Crippen molar-refractivity contribution in [2.45, 2.75) is 32.8 Å². The number of methoxy groups -OCH3 is 1. The van der Waals surface area contributed by atoms with Gasteiger partial charge in [-0.15, -0.1) is 0 Å². The van der Waals surface area contributed by atoms with Gasteiger partial charge in [-0.1, -0.05) is 12.1 Å². The van der Waals surface area contributed by atoms with Crippen molar-refractivity contribution in [1.82, 2.24) is 10.2 Å². The molecule has 7 heteroatoms. The highest BCUT2D eigenvalue weighted by Gasteiger charge is 2.28. The Hall–Kier alpha value is -2.44. The third-order valence-corrected chi connectivity index (χ3v) is 4.50. The Bertz CT molecular complexity index is 635. The van der Waals surface area contributed by atoms with Gasteiger partial charge in [0.15, 0.2) is 17.5 Å². The molecule has 1 aromatic carbocycles. The van der Waals surface area contributed by atoms with Crippen LogP contribution in [0.4, 0.5) is 0 Å². The molecule has 0 aliphatic carbocycles. The molecule has 27 heavy (non-hydrogen) atoms. The Kier molecular flexibility index (Phi) is 8.23. The second-order valence-electron chi connectivity index (χ2n) is 6.54. The number of carbonyl (C=O) groups is 1. The van der Waals surface area contributed by atoms with E-state index in [2.05, 4.69) is 15.2 Å². The highest BCUT2D eigenvalue weighted by Crippen LogP contribution is 2.26.